The van der Waals surface area contributed by atoms with E-state index in [0.717, 1.165) is 21.9 Å². The van der Waals surface area contributed by atoms with Crippen molar-refractivity contribution in [3.63, 3.8) is 0 Å². The highest BCUT2D eigenvalue weighted by Crippen LogP contribution is 2.31. The standard InChI is InChI=1S/C28H20Cl2N2O2/c1-18-6-12-23(15-26(18)30)32-28(33)21(16-31)14-25-24-5-3-2-4-20(24)9-13-27(25)34-17-19-7-10-22(29)11-8-19/h2-15H,17H2,1H3,(H,32,33)/b21-14+. The van der Waals surface area contributed by atoms with Crippen molar-refractivity contribution in [3.8, 4) is 11.8 Å². The van der Waals surface area contributed by atoms with Gasteiger partial charge in [-0.2, -0.15) is 5.26 Å². The molecular formula is C28H20Cl2N2O2. The van der Waals surface area contributed by atoms with Crippen LogP contribution in [0.2, 0.25) is 10.0 Å². The third-order valence-electron chi connectivity index (χ3n) is 5.32. The maximum absolute atomic E-state index is 12.9. The van der Waals surface area contributed by atoms with Crippen LogP contribution >= 0.6 is 23.2 Å². The number of benzene rings is 4. The van der Waals surface area contributed by atoms with E-state index in [9.17, 15) is 10.1 Å². The summed E-state index contributed by atoms with van der Waals surface area (Å²) in [5.74, 6) is 0.0339. The van der Waals surface area contributed by atoms with E-state index >= 15 is 0 Å². The second kappa shape index (κ2) is 10.4. The van der Waals surface area contributed by atoms with Crippen LogP contribution in [0.25, 0.3) is 16.8 Å². The van der Waals surface area contributed by atoms with Crippen LogP contribution in [0.1, 0.15) is 16.7 Å². The molecule has 0 heterocycles. The molecule has 34 heavy (non-hydrogen) atoms. The minimum atomic E-state index is -0.529. The SMILES string of the molecule is Cc1ccc(NC(=O)/C(C#N)=C/c2c(OCc3ccc(Cl)cc3)ccc3ccccc23)cc1Cl. The van der Waals surface area contributed by atoms with E-state index in [1.165, 1.54) is 0 Å². The molecule has 0 fully saturated rings. The Kier molecular flexibility index (Phi) is 7.18. The van der Waals surface area contributed by atoms with Gasteiger partial charge in [0, 0.05) is 21.3 Å². The van der Waals surface area contributed by atoms with Gasteiger partial charge in [-0.05, 0) is 65.2 Å². The van der Waals surface area contributed by atoms with Crippen LogP contribution in [0.5, 0.6) is 5.75 Å². The first kappa shape index (κ1) is 23.4. The molecule has 0 atom stereocenters. The highest BCUT2D eigenvalue weighted by Gasteiger charge is 2.14. The highest BCUT2D eigenvalue weighted by molar-refractivity contribution is 6.31. The Morgan fingerprint density at radius 3 is 2.53 bits per heavy atom. The molecule has 0 spiro atoms. The maximum atomic E-state index is 12.9. The van der Waals surface area contributed by atoms with E-state index in [2.05, 4.69) is 5.32 Å². The molecule has 4 aromatic carbocycles. The fraction of sp³-hybridized carbons (Fsp3) is 0.0714. The molecule has 0 saturated heterocycles. The molecule has 1 N–H and O–H groups in total. The van der Waals surface area contributed by atoms with Crippen molar-refractivity contribution in [1.82, 2.24) is 0 Å². The third-order valence-corrected chi connectivity index (χ3v) is 5.98. The predicted molar refractivity (Wildman–Crippen MR) is 138 cm³/mol. The van der Waals surface area contributed by atoms with Gasteiger partial charge >= 0.3 is 0 Å². The first-order valence-corrected chi connectivity index (χ1v) is 11.3. The number of nitrogens with one attached hydrogen (secondary N) is 1. The Balaban J connectivity index is 1.69. The van der Waals surface area contributed by atoms with Crippen LogP contribution in [0.15, 0.2) is 84.4 Å². The number of nitriles is 1. The number of anilines is 1. The fourth-order valence-corrected chi connectivity index (χ4v) is 3.76. The van der Waals surface area contributed by atoms with Gasteiger partial charge in [-0.25, -0.2) is 0 Å². The van der Waals surface area contributed by atoms with Crippen LogP contribution in [0.4, 0.5) is 5.69 Å². The number of amides is 1. The van der Waals surface area contributed by atoms with Gasteiger partial charge in [0.25, 0.3) is 5.91 Å². The van der Waals surface area contributed by atoms with Crippen molar-refractivity contribution in [2.24, 2.45) is 0 Å². The molecule has 0 saturated carbocycles. The number of hydrogen-bond acceptors (Lipinski definition) is 3. The van der Waals surface area contributed by atoms with E-state index in [1.54, 1.807) is 36.4 Å². The molecule has 1 amide bonds. The third kappa shape index (κ3) is 5.40. The van der Waals surface area contributed by atoms with Crippen molar-refractivity contribution in [2.45, 2.75) is 13.5 Å². The summed E-state index contributed by atoms with van der Waals surface area (Å²) in [6.07, 6.45) is 1.56. The number of nitrogens with zero attached hydrogens (tertiary/aromatic N) is 1. The number of halogens is 2. The highest BCUT2D eigenvalue weighted by atomic mass is 35.5. The lowest BCUT2D eigenvalue weighted by Crippen LogP contribution is -2.13. The molecule has 6 heteroatoms. The summed E-state index contributed by atoms with van der Waals surface area (Å²) in [6, 6.07) is 26.1. The van der Waals surface area contributed by atoms with Gasteiger partial charge in [0.05, 0.1) is 0 Å². The molecule has 4 rings (SSSR count). The van der Waals surface area contributed by atoms with Crippen molar-refractivity contribution in [1.29, 1.82) is 5.26 Å². The fourth-order valence-electron chi connectivity index (χ4n) is 3.45. The minimum absolute atomic E-state index is 0.0515. The van der Waals surface area contributed by atoms with E-state index < -0.39 is 5.91 Å². The Bertz CT molecular complexity index is 1440. The largest absolute Gasteiger partial charge is 0.488 e. The molecule has 168 valence electrons. The van der Waals surface area contributed by atoms with Crippen molar-refractivity contribution in [2.75, 3.05) is 5.32 Å². The maximum Gasteiger partial charge on any atom is 0.266 e. The summed E-state index contributed by atoms with van der Waals surface area (Å²) in [5.41, 5.74) is 2.96. The van der Waals surface area contributed by atoms with Crippen LogP contribution in [-0.4, -0.2) is 5.91 Å². The molecule has 0 bridgehead atoms. The van der Waals surface area contributed by atoms with Crippen LogP contribution in [-0.2, 0) is 11.4 Å². The molecule has 0 aliphatic rings. The van der Waals surface area contributed by atoms with E-state index in [1.807, 2.05) is 61.5 Å². The lowest BCUT2D eigenvalue weighted by molar-refractivity contribution is -0.112. The molecule has 0 unspecified atom stereocenters. The molecule has 0 aliphatic carbocycles. The van der Waals surface area contributed by atoms with Crippen molar-refractivity contribution >= 4 is 51.6 Å². The van der Waals surface area contributed by atoms with Crippen LogP contribution < -0.4 is 10.1 Å². The first-order chi connectivity index (χ1) is 16.4. The Morgan fingerprint density at radius 2 is 1.79 bits per heavy atom. The van der Waals surface area contributed by atoms with Gasteiger partial charge in [0.15, 0.2) is 0 Å². The molecular weight excluding hydrogens is 467 g/mol. The number of hydrogen-bond donors (Lipinski definition) is 1. The molecule has 4 aromatic rings. The lowest BCUT2D eigenvalue weighted by Gasteiger charge is -2.13. The number of aryl methyl sites for hydroxylation is 1. The summed E-state index contributed by atoms with van der Waals surface area (Å²) in [4.78, 5) is 12.9. The number of carbonyl (C=O) groups excluding carboxylic acids is 1. The van der Waals surface area contributed by atoms with Gasteiger partial charge in [0.2, 0.25) is 0 Å². The summed E-state index contributed by atoms with van der Waals surface area (Å²) in [7, 11) is 0. The Morgan fingerprint density at radius 1 is 1.03 bits per heavy atom. The van der Waals surface area contributed by atoms with Gasteiger partial charge in [-0.15, -0.1) is 0 Å². The molecule has 0 aliphatic heterocycles. The minimum Gasteiger partial charge on any atom is -0.488 e. The van der Waals surface area contributed by atoms with E-state index in [4.69, 9.17) is 27.9 Å². The average Bonchev–Trinajstić information content (AvgIpc) is 2.84. The summed E-state index contributed by atoms with van der Waals surface area (Å²) in [5, 5.41) is 15.5. The topological polar surface area (TPSA) is 62.1 Å². The van der Waals surface area contributed by atoms with Crippen LogP contribution in [0.3, 0.4) is 0 Å². The second-order valence-electron chi connectivity index (χ2n) is 7.70. The number of carbonyl (C=O) groups is 1. The number of ether oxygens (including phenoxy) is 1. The smallest absolute Gasteiger partial charge is 0.266 e. The summed E-state index contributed by atoms with van der Waals surface area (Å²) in [6.45, 7) is 2.19. The van der Waals surface area contributed by atoms with Gasteiger partial charge in [-0.1, -0.05) is 71.7 Å². The molecule has 4 nitrogen and oxygen atoms in total. The van der Waals surface area contributed by atoms with Gasteiger partial charge < -0.3 is 10.1 Å². The zero-order valence-corrected chi connectivity index (χ0v) is 19.8. The van der Waals surface area contributed by atoms with Crippen molar-refractivity contribution < 1.29 is 9.53 Å². The van der Waals surface area contributed by atoms with Crippen molar-refractivity contribution in [3.05, 3.63) is 111 Å². The zero-order chi connectivity index (χ0) is 24.1. The monoisotopic (exact) mass is 486 g/mol. The predicted octanol–water partition coefficient (Wildman–Crippen LogP) is 7.58. The van der Waals surface area contributed by atoms with Gasteiger partial charge in [0.1, 0.15) is 24.0 Å². The van der Waals surface area contributed by atoms with Crippen LogP contribution in [0, 0.1) is 18.3 Å². The normalized spacial score (nSPS) is 11.2. The molecule has 0 radical (unpaired) electrons. The van der Waals surface area contributed by atoms with E-state index in [0.29, 0.717) is 33.7 Å². The quantitative estimate of drug-likeness (QED) is 0.225. The first-order valence-electron chi connectivity index (χ1n) is 10.5. The van der Waals surface area contributed by atoms with Gasteiger partial charge in [-0.3, -0.25) is 4.79 Å². The lowest BCUT2D eigenvalue weighted by atomic mass is 10.0. The molecule has 0 aromatic heterocycles. The zero-order valence-electron chi connectivity index (χ0n) is 18.3. The second-order valence-corrected chi connectivity index (χ2v) is 8.55. The summed E-state index contributed by atoms with van der Waals surface area (Å²) >= 11 is 12.1. The van der Waals surface area contributed by atoms with E-state index in [-0.39, 0.29) is 5.57 Å². The Hall–Kier alpha value is -3.78. The summed E-state index contributed by atoms with van der Waals surface area (Å²) < 4.78 is 6.10. The number of fused-ring (bicyclic) bond motifs is 1. The average molecular weight is 487 g/mol. The number of rotatable bonds is 6. The Labute approximate surface area is 208 Å².